The molecule has 0 aromatic heterocycles. The van der Waals surface area contributed by atoms with E-state index < -0.39 is 0 Å². The highest BCUT2D eigenvalue weighted by atomic mass is 16.5. The average Bonchev–Trinajstić information content (AvgIpc) is 2.67. The van der Waals surface area contributed by atoms with Gasteiger partial charge in [0.2, 0.25) is 0 Å². The summed E-state index contributed by atoms with van der Waals surface area (Å²) >= 11 is 0. The summed E-state index contributed by atoms with van der Waals surface area (Å²) < 4.78 is 5.98. The van der Waals surface area contributed by atoms with E-state index in [0.29, 0.717) is 6.10 Å². The zero-order valence-corrected chi connectivity index (χ0v) is 10.9. The van der Waals surface area contributed by atoms with Gasteiger partial charge in [0.15, 0.2) is 0 Å². The first kappa shape index (κ1) is 11.9. The summed E-state index contributed by atoms with van der Waals surface area (Å²) in [6.07, 6.45) is 10.1. The van der Waals surface area contributed by atoms with E-state index in [9.17, 15) is 0 Å². The highest BCUT2D eigenvalue weighted by Gasteiger charge is 2.37. The monoisotopic (exact) mass is 238 g/mol. The van der Waals surface area contributed by atoms with Crippen LogP contribution in [0.15, 0.2) is 0 Å². The number of rotatable bonds is 1. The largest absolute Gasteiger partial charge is 0.375 e. The summed E-state index contributed by atoms with van der Waals surface area (Å²) in [5.41, 5.74) is 0. The molecule has 2 saturated heterocycles. The second kappa shape index (κ2) is 5.68. The maximum Gasteiger partial charge on any atom is 0.0731 e. The van der Waals surface area contributed by atoms with Crippen LogP contribution in [0.25, 0.3) is 0 Å². The van der Waals surface area contributed by atoms with Gasteiger partial charge in [-0.15, -0.1) is 0 Å². The predicted octanol–water partition coefficient (Wildman–Crippen LogP) is 1.77. The number of morpholine rings is 1. The lowest BCUT2D eigenvalue weighted by atomic mass is 9.88. The van der Waals surface area contributed by atoms with E-state index in [4.69, 9.17) is 4.74 Å². The molecule has 0 aromatic rings. The molecule has 3 aliphatic rings. The van der Waals surface area contributed by atoms with Crippen molar-refractivity contribution in [3.05, 3.63) is 0 Å². The van der Waals surface area contributed by atoms with Gasteiger partial charge in [0.1, 0.15) is 0 Å². The van der Waals surface area contributed by atoms with E-state index in [2.05, 4.69) is 10.2 Å². The molecule has 0 aromatic carbocycles. The van der Waals surface area contributed by atoms with Gasteiger partial charge in [-0.2, -0.15) is 0 Å². The van der Waals surface area contributed by atoms with Crippen LogP contribution < -0.4 is 5.32 Å². The summed E-state index contributed by atoms with van der Waals surface area (Å²) in [6, 6.07) is 1.56. The molecule has 0 bridgehead atoms. The second-order valence-corrected chi connectivity index (χ2v) is 5.83. The molecule has 1 saturated carbocycles. The van der Waals surface area contributed by atoms with Gasteiger partial charge in [0.25, 0.3) is 0 Å². The SMILES string of the molecule is C1CCC2C(C1)OCCN2C1CCCNCC1. The Bertz CT molecular complexity index is 236. The molecule has 3 nitrogen and oxygen atoms in total. The first-order valence-corrected chi connectivity index (χ1v) is 7.53. The van der Waals surface area contributed by atoms with Crippen molar-refractivity contribution < 1.29 is 4.74 Å². The first-order chi connectivity index (χ1) is 8.45. The van der Waals surface area contributed by atoms with E-state index in [0.717, 1.165) is 18.7 Å². The minimum Gasteiger partial charge on any atom is -0.375 e. The Kier molecular flexibility index (Phi) is 3.99. The lowest BCUT2D eigenvalue weighted by Gasteiger charge is -2.47. The van der Waals surface area contributed by atoms with Crippen LogP contribution in [0.5, 0.6) is 0 Å². The Morgan fingerprint density at radius 3 is 2.88 bits per heavy atom. The van der Waals surface area contributed by atoms with Crippen LogP contribution in [0.1, 0.15) is 44.9 Å². The number of nitrogens with one attached hydrogen (secondary N) is 1. The summed E-state index contributed by atoms with van der Waals surface area (Å²) in [4.78, 5) is 2.81. The number of fused-ring (bicyclic) bond motifs is 1. The van der Waals surface area contributed by atoms with Crippen molar-refractivity contribution in [3.63, 3.8) is 0 Å². The third-order valence-corrected chi connectivity index (χ3v) is 4.79. The molecule has 0 amide bonds. The van der Waals surface area contributed by atoms with Crippen LogP contribution in [0, 0.1) is 0 Å². The minimum absolute atomic E-state index is 0.550. The van der Waals surface area contributed by atoms with Crippen molar-refractivity contribution in [1.29, 1.82) is 0 Å². The fourth-order valence-electron chi connectivity index (χ4n) is 3.91. The smallest absolute Gasteiger partial charge is 0.0731 e. The van der Waals surface area contributed by atoms with Crippen LogP contribution in [-0.2, 0) is 4.74 Å². The number of ether oxygens (including phenoxy) is 1. The van der Waals surface area contributed by atoms with E-state index in [-0.39, 0.29) is 0 Å². The fourth-order valence-corrected chi connectivity index (χ4v) is 3.91. The zero-order chi connectivity index (χ0) is 11.5. The van der Waals surface area contributed by atoms with Gasteiger partial charge >= 0.3 is 0 Å². The van der Waals surface area contributed by atoms with Crippen LogP contribution in [0.2, 0.25) is 0 Å². The summed E-state index contributed by atoms with van der Waals surface area (Å²) in [5, 5.41) is 3.53. The molecule has 3 heteroatoms. The standard InChI is InChI=1S/C14H26N2O/c1-2-6-14-13(5-1)16(10-11-17-14)12-4-3-8-15-9-7-12/h12-15H,1-11H2. The van der Waals surface area contributed by atoms with Crippen molar-refractivity contribution in [3.8, 4) is 0 Å². The average molecular weight is 238 g/mol. The molecule has 1 N–H and O–H groups in total. The third kappa shape index (κ3) is 2.67. The lowest BCUT2D eigenvalue weighted by molar-refractivity contribution is -0.104. The molecular weight excluding hydrogens is 212 g/mol. The molecule has 2 heterocycles. The van der Waals surface area contributed by atoms with E-state index in [1.54, 1.807) is 0 Å². The van der Waals surface area contributed by atoms with Gasteiger partial charge in [-0.05, 0) is 45.2 Å². The van der Waals surface area contributed by atoms with Crippen LogP contribution in [-0.4, -0.2) is 49.3 Å². The molecule has 3 unspecified atom stereocenters. The molecule has 3 fully saturated rings. The predicted molar refractivity (Wildman–Crippen MR) is 69.2 cm³/mol. The summed E-state index contributed by atoms with van der Waals surface area (Å²) in [5.74, 6) is 0. The molecule has 17 heavy (non-hydrogen) atoms. The maximum atomic E-state index is 5.98. The topological polar surface area (TPSA) is 24.5 Å². The molecule has 0 spiro atoms. The van der Waals surface area contributed by atoms with Crippen molar-refractivity contribution >= 4 is 0 Å². The van der Waals surface area contributed by atoms with Gasteiger partial charge < -0.3 is 10.1 Å². The van der Waals surface area contributed by atoms with Gasteiger partial charge in [0.05, 0.1) is 12.7 Å². The number of hydrogen-bond acceptors (Lipinski definition) is 3. The van der Waals surface area contributed by atoms with Crippen molar-refractivity contribution in [2.75, 3.05) is 26.2 Å². The third-order valence-electron chi connectivity index (χ3n) is 4.79. The van der Waals surface area contributed by atoms with Gasteiger partial charge in [-0.1, -0.05) is 12.8 Å². The van der Waals surface area contributed by atoms with Gasteiger partial charge in [-0.25, -0.2) is 0 Å². The molecule has 0 radical (unpaired) electrons. The Morgan fingerprint density at radius 2 is 1.88 bits per heavy atom. The Morgan fingerprint density at radius 1 is 0.941 bits per heavy atom. The molecule has 3 atom stereocenters. The Balaban J connectivity index is 1.66. The number of hydrogen-bond donors (Lipinski definition) is 1. The van der Waals surface area contributed by atoms with E-state index in [1.807, 2.05) is 0 Å². The lowest BCUT2D eigenvalue weighted by Crippen LogP contribution is -2.56. The minimum atomic E-state index is 0.550. The van der Waals surface area contributed by atoms with E-state index >= 15 is 0 Å². The molecule has 2 aliphatic heterocycles. The van der Waals surface area contributed by atoms with Crippen LogP contribution in [0.3, 0.4) is 0 Å². The number of nitrogens with zero attached hydrogens (tertiary/aromatic N) is 1. The quantitative estimate of drug-likeness (QED) is 0.753. The molecule has 3 rings (SSSR count). The van der Waals surface area contributed by atoms with Crippen molar-refractivity contribution in [2.45, 2.75) is 63.1 Å². The first-order valence-electron chi connectivity index (χ1n) is 7.53. The summed E-state index contributed by atoms with van der Waals surface area (Å²) in [6.45, 7) is 4.56. The van der Waals surface area contributed by atoms with Gasteiger partial charge in [0, 0.05) is 18.6 Å². The molecule has 1 aliphatic carbocycles. The van der Waals surface area contributed by atoms with E-state index in [1.165, 1.54) is 64.6 Å². The molecule has 98 valence electrons. The van der Waals surface area contributed by atoms with Crippen LogP contribution in [0.4, 0.5) is 0 Å². The van der Waals surface area contributed by atoms with Crippen molar-refractivity contribution in [2.24, 2.45) is 0 Å². The van der Waals surface area contributed by atoms with Gasteiger partial charge in [-0.3, -0.25) is 4.90 Å². The highest BCUT2D eigenvalue weighted by molar-refractivity contribution is 4.91. The Labute approximate surface area is 105 Å². The second-order valence-electron chi connectivity index (χ2n) is 5.83. The zero-order valence-electron chi connectivity index (χ0n) is 10.9. The fraction of sp³-hybridized carbons (Fsp3) is 1.00. The Hall–Kier alpha value is -0.120. The molecular formula is C14H26N2O. The maximum absolute atomic E-state index is 5.98. The van der Waals surface area contributed by atoms with Crippen molar-refractivity contribution in [1.82, 2.24) is 10.2 Å². The van der Waals surface area contributed by atoms with Crippen LogP contribution >= 0.6 is 0 Å². The highest BCUT2D eigenvalue weighted by Crippen LogP contribution is 2.31. The normalized spacial score (nSPS) is 40.6. The summed E-state index contributed by atoms with van der Waals surface area (Å²) in [7, 11) is 0.